The molecule has 0 aromatic carbocycles. The van der Waals surface area contributed by atoms with Crippen LogP contribution in [0.2, 0.25) is 0 Å². The number of rotatable bonds is 2. The van der Waals surface area contributed by atoms with Gasteiger partial charge in [0.25, 0.3) is 0 Å². The van der Waals surface area contributed by atoms with Crippen LogP contribution < -0.4 is 0 Å². The van der Waals surface area contributed by atoms with E-state index in [1.807, 2.05) is 13.8 Å². The van der Waals surface area contributed by atoms with Crippen LogP contribution in [0.5, 0.6) is 0 Å². The van der Waals surface area contributed by atoms with Gasteiger partial charge in [-0.05, 0) is 44.0 Å². The van der Waals surface area contributed by atoms with E-state index in [1.54, 1.807) is 0 Å². The fourth-order valence-corrected chi connectivity index (χ4v) is 3.35. The minimum atomic E-state index is 0.582. The molecule has 108 valence electrons. The summed E-state index contributed by atoms with van der Waals surface area (Å²) in [5.74, 6) is 1.03. The molecule has 0 aliphatic carbocycles. The molecule has 7 heteroatoms. The van der Waals surface area contributed by atoms with E-state index in [9.17, 15) is 5.26 Å². The molecule has 0 saturated heterocycles. The fourth-order valence-electron chi connectivity index (χ4n) is 2.41. The van der Waals surface area contributed by atoms with Crippen LogP contribution in [0.4, 0.5) is 0 Å². The normalized spacial score (nSPS) is 14.3. The van der Waals surface area contributed by atoms with Crippen molar-refractivity contribution in [3.63, 3.8) is 0 Å². The summed E-state index contributed by atoms with van der Waals surface area (Å²) in [4.78, 5) is 0. The van der Waals surface area contributed by atoms with Gasteiger partial charge in [0.05, 0.1) is 11.3 Å². The molecule has 0 fully saturated rings. The molecule has 1 aliphatic heterocycles. The van der Waals surface area contributed by atoms with E-state index in [0.717, 1.165) is 48.0 Å². The second-order valence-corrected chi connectivity index (χ2v) is 6.12. The third-order valence-corrected chi connectivity index (χ3v) is 4.76. The Morgan fingerprint density at radius 2 is 1.95 bits per heavy atom. The Hall–Kier alpha value is -1.94. The van der Waals surface area contributed by atoms with Gasteiger partial charge in [-0.2, -0.15) is 10.4 Å². The first-order valence-electron chi connectivity index (χ1n) is 7.04. The van der Waals surface area contributed by atoms with Crippen molar-refractivity contribution in [1.29, 1.82) is 5.26 Å². The lowest BCUT2D eigenvalue weighted by molar-refractivity contribution is 0.590. The molecule has 0 amide bonds. The lowest BCUT2D eigenvalue weighted by Crippen LogP contribution is -2.04. The van der Waals surface area contributed by atoms with Crippen LogP contribution in [0.3, 0.4) is 0 Å². The third-order valence-electron chi connectivity index (χ3n) is 3.80. The van der Waals surface area contributed by atoms with E-state index in [1.165, 1.54) is 18.2 Å². The molecule has 1 aliphatic rings. The summed E-state index contributed by atoms with van der Waals surface area (Å²) in [5, 5.41) is 27.6. The Morgan fingerprint density at radius 3 is 2.76 bits per heavy atom. The summed E-state index contributed by atoms with van der Waals surface area (Å²) < 4.78 is 2.15. The average molecular weight is 300 g/mol. The number of aryl methyl sites for hydroxylation is 2. The number of hydrogen-bond donors (Lipinski definition) is 0. The van der Waals surface area contributed by atoms with Crippen LogP contribution in [0, 0.1) is 25.2 Å². The zero-order valence-corrected chi connectivity index (χ0v) is 12.9. The molecule has 0 bridgehead atoms. The quantitative estimate of drug-likeness (QED) is 0.847. The average Bonchev–Trinajstić information content (AvgIpc) is 2.71. The van der Waals surface area contributed by atoms with Gasteiger partial charge >= 0.3 is 0 Å². The lowest BCUT2D eigenvalue weighted by Gasteiger charge is -2.08. The molecule has 0 radical (unpaired) electrons. The van der Waals surface area contributed by atoms with Gasteiger partial charge in [-0.15, -0.1) is 15.3 Å². The van der Waals surface area contributed by atoms with Crippen molar-refractivity contribution >= 4 is 11.8 Å². The minimum absolute atomic E-state index is 0.582. The molecule has 2 aromatic rings. The maximum atomic E-state index is 9.36. The highest BCUT2D eigenvalue weighted by molar-refractivity contribution is 7.99. The molecule has 0 N–H and O–H groups in total. The first-order valence-corrected chi connectivity index (χ1v) is 7.86. The topological polar surface area (TPSA) is 80.3 Å². The highest BCUT2D eigenvalue weighted by Crippen LogP contribution is 2.30. The summed E-state index contributed by atoms with van der Waals surface area (Å²) in [7, 11) is 0. The Kier molecular flexibility index (Phi) is 3.88. The SMILES string of the molecule is Cc1nnc(Sc2nnc3n2CCCCC3)c(C#N)c1C. The van der Waals surface area contributed by atoms with Crippen molar-refractivity contribution in [3.8, 4) is 6.07 Å². The first kappa shape index (κ1) is 14.0. The maximum Gasteiger partial charge on any atom is 0.197 e. The zero-order valence-electron chi connectivity index (χ0n) is 12.1. The van der Waals surface area contributed by atoms with Crippen LogP contribution in [0.25, 0.3) is 0 Å². The number of nitriles is 1. The molecule has 3 rings (SSSR count). The highest BCUT2D eigenvalue weighted by Gasteiger charge is 2.19. The van der Waals surface area contributed by atoms with E-state index in [2.05, 4.69) is 31.0 Å². The van der Waals surface area contributed by atoms with Crippen LogP contribution >= 0.6 is 11.8 Å². The van der Waals surface area contributed by atoms with E-state index in [0.29, 0.717) is 10.6 Å². The fraction of sp³-hybridized carbons (Fsp3) is 0.500. The molecule has 6 nitrogen and oxygen atoms in total. The molecular formula is C14H16N6S. The summed E-state index contributed by atoms with van der Waals surface area (Å²) in [6.07, 6.45) is 4.50. The van der Waals surface area contributed by atoms with E-state index >= 15 is 0 Å². The van der Waals surface area contributed by atoms with E-state index in [-0.39, 0.29) is 0 Å². The molecule has 0 spiro atoms. The van der Waals surface area contributed by atoms with Crippen LogP contribution in [-0.4, -0.2) is 25.0 Å². The second-order valence-electron chi connectivity index (χ2n) is 5.17. The Labute approximate surface area is 127 Å². The monoisotopic (exact) mass is 300 g/mol. The van der Waals surface area contributed by atoms with Gasteiger partial charge in [-0.25, -0.2) is 0 Å². The predicted molar refractivity (Wildman–Crippen MR) is 77.9 cm³/mol. The molecule has 0 unspecified atom stereocenters. The minimum Gasteiger partial charge on any atom is -0.306 e. The van der Waals surface area contributed by atoms with Crippen molar-refractivity contribution in [2.75, 3.05) is 0 Å². The number of hydrogen-bond acceptors (Lipinski definition) is 6. The van der Waals surface area contributed by atoms with Gasteiger partial charge in [-0.1, -0.05) is 6.42 Å². The number of fused-ring (bicyclic) bond motifs is 1. The van der Waals surface area contributed by atoms with Crippen molar-refractivity contribution in [2.45, 2.75) is 56.3 Å². The van der Waals surface area contributed by atoms with Gasteiger partial charge in [0.2, 0.25) is 0 Å². The summed E-state index contributed by atoms with van der Waals surface area (Å²) >= 11 is 1.39. The Bertz CT molecular complexity index is 715. The maximum absolute atomic E-state index is 9.36. The molecule has 2 aromatic heterocycles. The van der Waals surface area contributed by atoms with Crippen molar-refractivity contribution in [2.24, 2.45) is 0 Å². The predicted octanol–water partition coefficient (Wildman–Crippen LogP) is 2.43. The second kappa shape index (κ2) is 5.82. The standard InChI is InChI=1S/C14H16N6S/c1-9-10(2)16-18-13(11(9)8-15)21-14-19-17-12-6-4-3-5-7-20(12)14/h3-7H2,1-2H3. The van der Waals surface area contributed by atoms with Crippen molar-refractivity contribution < 1.29 is 0 Å². The van der Waals surface area contributed by atoms with E-state index < -0.39 is 0 Å². The van der Waals surface area contributed by atoms with Gasteiger partial charge in [0.1, 0.15) is 16.9 Å². The Morgan fingerprint density at radius 1 is 1.10 bits per heavy atom. The summed E-state index contributed by atoms with van der Waals surface area (Å²) in [6, 6.07) is 2.23. The molecule has 3 heterocycles. The van der Waals surface area contributed by atoms with Gasteiger partial charge in [-0.3, -0.25) is 0 Å². The van der Waals surface area contributed by atoms with Crippen molar-refractivity contribution in [3.05, 3.63) is 22.6 Å². The smallest absolute Gasteiger partial charge is 0.197 e. The molecule has 21 heavy (non-hydrogen) atoms. The van der Waals surface area contributed by atoms with Gasteiger partial charge in [0, 0.05) is 13.0 Å². The largest absolute Gasteiger partial charge is 0.306 e. The lowest BCUT2D eigenvalue weighted by atomic mass is 10.1. The van der Waals surface area contributed by atoms with Crippen LogP contribution in [0.1, 0.15) is 41.9 Å². The molecular weight excluding hydrogens is 284 g/mol. The van der Waals surface area contributed by atoms with Gasteiger partial charge < -0.3 is 4.57 Å². The summed E-state index contributed by atoms with van der Waals surface area (Å²) in [6.45, 7) is 4.70. The van der Waals surface area contributed by atoms with Crippen LogP contribution in [-0.2, 0) is 13.0 Å². The number of nitrogens with zero attached hydrogens (tertiary/aromatic N) is 6. The van der Waals surface area contributed by atoms with Gasteiger partial charge in [0.15, 0.2) is 5.16 Å². The number of aromatic nitrogens is 5. The van der Waals surface area contributed by atoms with E-state index in [4.69, 9.17) is 0 Å². The van der Waals surface area contributed by atoms with Crippen LogP contribution in [0.15, 0.2) is 10.2 Å². The molecule has 0 atom stereocenters. The highest BCUT2D eigenvalue weighted by atomic mass is 32.2. The van der Waals surface area contributed by atoms with Crippen molar-refractivity contribution in [1.82, 2.24) is 25.0 Å². The first-order chi connectivity index (χ1) is 10.2. The summed E-state index contributed by atoms with van der Waals surface area (Å²) in [5.41, 5.74) is 2.25. The Balaban J connectivity index is 1.97. The third kappa shape index (κ3) is 2.63. The zero-order chi connectivity index (χ0) is 14.8. The molecule has 0 saturated carbocycles.